The fourth-order valence-corrected chi connectivity index (χ4v) is 1.10. The SMILES string of the molecule is CNNc1ccccc(C(=O)OC)c1=O. The van der Waals surface area contributed by atoms with Crippen LogP contribution in [-0.4, -0.2) is 20.1 Å². The highest BCUT2D eigenvalue weighted by Crippen LogP contribution is 2.00. The Balaban J connectivity index is 3.31. The minimum absolute atomic E-state index is 0.000231. The fourth-order valence-electron chi connectivity index (χ4n) is 1.10. The maximum atomic E-state index is 11.8. The molecule has 0 radical (unpaired) electrons. The zero-order chi connectivity index (χ0) is 11.3. The number of hydrogen-bond donors (Lipinski definition) is 2. The molecule has 0 bridgehead atoms. The minimum Gasteiger partial charge on any atom is -0.465 e. The lowest BCUT2D eigenvalue weighted by molar-refractivity contribution is 0.0599. The molecule has 0 saturated carbocycles. The second kappa shape index (κ2) is 5.11. The van der Waals surface area contributed by atoms with Crippen LogP contribution in [0.1, 0.15) is 10.4 Å². The highest BCUT2D eigenvalue weighted by molar-refractivity contribution is 5.89. The van der Waals surface area contributed by atoms with E-state index in [0.29, 0.717) is 5.69 Å². The van der Waals surface area contributed by atoms with E-state index in [4.69, 9.17) is 0 Å². The monoisotopic (exact) mass is 208 g/mol. The molecule has 0 aliphatic heterocycles. The van der Waals surface area contributed by atoms with E-state index in [2.05, 4.69) is 15.6 Å². The largest absolute Gasteiger partial charge is 0.465 e. The summed E-state index contributed by atoms with van der Waals surface area (Å²) in [5.74, 6) is -0.643. The molecule has 0 fully saturated rings. The van der Waals surface area contributed by atoms with Crippen molar-refractivity contribution in [2.75, 3.05) is 19.6 Å². The van der Waals surface area contributed by atoms with Crippen molar-refractivity contribution in [3.05, 3.63) is 40.1 Å². The van der Waals surface area contributed by atoms with E-state index in [0.717, 1.165) is 0 Å². The fraction of sp³-hybridized carbons (Fsp3) is 0.200. The van der Waals surface area contributed by atoms with E-state index in [9.17, 15) is 9.59 Å². The molecule has 80 valence electrons. The van der Waals surface area contributed by atoms with Gasteiger partial charge in [-0.1, -0.05) is 12.1 Å². The molecule has 1 aromatic carbocycles. The Morgan fingerprint density at radius 1 is 1.33 bits per heavy atom. The number of hydrazine groups is 1. The summed E-state index contributed by atoms with van der Waals surface area (Å²) in [4.78, 5) is 23.0. The zero-order valence-corrected chi connectivity index (χ0v) is 8.53. The average Bonchev–Trinajstić information content (AvgIpc) is 2.42. The standard InChI is InChI=1S/C10H12N2O3/c1-11-12-8-6-4-3-5-7(9(8)13)10(14)15-2/h3-6,11H,1-2H3,(H,12,13). The van der Waals surface area contributed by atoms with Crippen LogP contribution < -0.4 is 16.3 Å². The lowest BCUT2D eigenvalue weighted by Gasteiger charge is -2.00. The predicted octanol–water partition coefficient (Wildman–Crippen LogP) is 0.380. The van der Waals surface area contributed by atoms with Crippen molar-refractivity contribution in [3.8, 4) is 0 Å². The molecule has 2 N–H and O–H groups in total. The summed E-state index contributed by atoms with van der Waals surface area (Å²) in [5, 5.41) is 0. The molecule has 5 nitrogen and oxygen atoms in total. The maximum Gasteiger partial charge on any atom is 0.341 e. The number of hydrogen-bond acceptors (Lipinski definition) is 5. The van der Waals surface area contributed by atoms with E-state index in [1.54, 1.807) is 25.2 Å². The van der Waals surface area contributed by atoms with Crippen molar-refractivity contribution in [2.24, 2.45) is 0 Å². The molecule has 1 rings (SSSR count). The number of anilines is 1. The van der Waals surface area contributed by atoms with E-state index in [1.165, 1.54) is 13.2 Å². The molecule has 0 atom stereocenters. The molecule has 0 aliphatic carbocycles. The van der Waals surface area contributed by atoms with Crippen LogP contribution in [0.5, 0.6) is 0 Å². The van der Waals surface area contributed by atoms with E-state index in [1.807, 2.05) is 0 Å². The highest BCUT2D eigenvalue weighted by atomic mass is 16.5. The van der Waals surface area contributed by atoms with Gasteiger partial charge in [0.2, 0.25) is 5.43 Å². The van der Waals surface area contributed by atoms with Gasteiger partial charge in [0.05, 0.1) is 12.8 Å². The number of methoxy groups -OCH3 is 1. The van der Waals surface area contributed by atoms with Crippen LogP contribution in [0.2, 0.25) is 0 Å². The van der Waals surface area contributed by atoms with Crippen molar-refractivity contribution in [3.63, 3.8) is 0 Å². The lowest BCUT2D eigenvalue weighted by Crippen LogP contribution is -2.23. The number of esters is 1. The summed E-state index contributed by atoms with van der Waals surface area (Å²) in [6, 6.07) is 6.27. The average molecular weight is 208 g/mol. The normalized spacial score (nSPS) is 9.47. The third kappa shape index (κ3) is 2.54. The molecule has 5 heteroatoms. The van der Waals surface area contributed by atoms with Gasteiger partial charge in [-0.3, -0.25) is 4.79 Å². The number of carbonyl (C=O) groups is 1. The second-order valence-electron chi connectivity index (χ2n) is 2.74. The molecule has 0 aromatic heterocycles. The van der Waals surface area contributed by atoms with Gasteiger partial charge in [0.1, 0.15) is 5.56 Å². The van der Waals surface area contributed by atoms with Crippen LogP contribution in [0.25, 0.3) is 0 Å². The maximum absolute atomic E-state index is 11.8. The third-order valence-electron chi connectivity index (χ3n) is 1.79. The van der Waals surface area contributed by atoms with Crippen molar-refractivity contribution in [1.29, 1.82) is 0 Å². The Kier molecular flexibility index (Phi) is 3.82. The molecule has 15 heavy (non-hydrogen) atoms. The topological polar surface area (TPSA) is 67.4 Å². The van der Waals surface area contributed by atoms with Crippen molar-refractivity contribution < 1.29 is 9.53 Å². The minimum atomic E-state index is -0.643. The lowest BCUT2D eigenvalue weighted by atomic mass is 10.2. The van der Waals surface area contributed by atoms with Crippen molar-refractivity contribution in [1.82, 2.24) is 5.43 Å². The number of carbonyl (C=O) groups excluding carboxylic acids is 1. The van der Waals surface area contributed by atoms with Gasteiger partial charge in [-0.25, -0.2) is 10.2 Å². The first kappa shape index (κ1) is 11.2. The number of nitrogens with one attached hydrogen (secondary N) is 2. The van der Waals surface area contributed by atoms with Gasteiger partial charge in [0.25, 0.3) is 0 Å². The van der Waals surface area contributed by atoms with Gasteiger partial charge in [0.15, 0.2) is 0 Å². The second-order valence-corrected chi connectivity index (χ2v) is 2.74. The number of rotatable bonds is 3. The number of ether oxygens (including phenoxy) is 1. The zero-order valence-electron chi connectivity index (χ0n) is 8.53. The Labute approximate surface area is 87.0 Å². The summed E-state index contributed by atoms with van der Waals surface area (Å²) in [6.45, 7) is 0. The first-order valence-corrected chi connectivity index (χ1v) is 4.35. The van der Waals surface area contributed by atoms with Crippen LogP contribution in [0, 0.1) is 0 Å². The van der Waals surface area contributed by atoms with Gasteiger partial charge in [-0.2, -0.15) is 0 Å². The van der Waals surface area contributed by atoms with Crippen LogP contribution in [0.15, 0.2) is 29.1 Å². The summed E-state index contributed by atoms with van der Waals surface area (Å²) in [7, 11) is 2.87. The smallest absolute Gasteiger partial charge is 0.341 e. The highest BCUT2D eigenvalue weighted by Gasteiger charge is 2.10. The van der Waals surface area contributed by atoms with Gasteiger partial charge in [0, 0.05) is 7.05 Å². The van der Waals surface area contributed by atoms with Crippen LogP contribution in [0.4, 0.5) is 5.69 Å². The molecule has 0 spiro atoms. The molecule has 0 unspecified atom stereocenters. The first-order chi connectivity index (χ1) is 7.20. The van der Waals surface area contributed by atoms with Gasteiger partial charge in [-0.15, -0.1) is 0 Å². The quantitative estimate of drug-likeness (QED) is 0.555. The molecule has 0 aliphatic rings. The van der Waals surface area contributed by atoms with Gasteiger partial charge < -0.3 is 10.2 Å². The van der Waals surface area contributed by atoms with Crippen molar-refractivity contribution in [2.45, 2.75) is 0 Å². The summed E-state index contributed by atoms with van der Waals surface area (Å²) in [5.41, 5.74) is 5.16. The Morgan fingerprint density at radius 3 is 2.60 bits per heavy atom. The van der Waals surface area contributed by atoms with Crippen LogP contribution in [0.3, 0.4) is 0 Å². The van der Waals surface area contributed by atoms with Gasteiger partial charge >= 0.3 is 5.97 Å². The summed E-state index contributed by atoms with van der Waals surface area (Å²) >= 11 is 0. The van der Waals surface area contributed by atoms with Crippen molar-refractivity contribution >= 4 is 11.7 Å². The van der Waals surface area contributed by atoms with E-state index in [-0.39, 0.29) is 5.56 Å². The molecular weight excluding hydrogens is 196 g/mol. The summed E-state index contributed by atoms with van der Waals surface area (Å²) < 4.78 is 4.50. The van der Waals surface area contributed by atoms with Crippen LogP contribution in [-0.2, 0) is 4.74 Å². The molecular formula is C10H12N2O3. The van der Waals surface area contributed by atoms with E-state index >= 15 is 0 Å². The third-order valence-corrected chi connectivity index (χ3v) is 1.79. The Bertz CT molecular complexity index is 418. The van der Waals surface area contributed by atoms with E-state index < -0.39 is 11.4 Å². The van der Waals surface area contributed by atoms with Gasteiger partial charge in [-0.05, 0) is 12.1 Å². The molecule has 0 heterocycles. The Morgan fingerprint density at radius 2 is 2.00 bits per heavy atom. The molecule has 1 aromatic rings. The Hall–Kier alpha value is -1.88. The predicted molar refractivity (Wildman–Crippen MR) is 56.7 cm³/mol. The van der Waals surface area contributed by atoms with Crippen LogP contribution >= 0.6 is 0 Å². The summed E-state index contributed by atoms with van der Waals surface area (Å²) in [6.07, 6.45) is 0. The molecule has 0 saturated heterocycles. The first-order valence-electron chi connectivity index (χ1n) is 4.35. The molecule has 0 amide bonds.